The number of rotatable bonds is 24. The first-order valence-electron chi connectivity index (χ1n) is 28.6. The zero-order valence-corrected chi connectivity index (χ0v) is 47.7. The summed E-state index contributed by atoms with van der Waals surface area (Å²) < 4.78 is 0.877. The molecule has 7 nitrogen and oxygen atoms in total. The third-order valence-corrected chi connectivity index (χ3v) is 15.9. The van der Waals surface area contributed by atoms with Gasteiger partial charge in [0.25, 0.3) is 0 Å². The van der Waals surface area contributed by atoms with Crippen molar-refractivity contribution in [3.05, 3.63) is 140 Å². The van der Waals surface area contributed by atoms with Gasteiger partial charge in [-0.3, -0.25) is 0 Å². The molecule has 8 rings (SSSR count). The van der Waals surface area contributed by atoms with E-state index in [4.69, 9.17) is 9.97 Å². The molecule has 0 fully saturated rings. The van der Waals surface area contributed by atoms with Crippen LogP contribution < -0.4 is 4.90 Å². The number of aryl methyl sites for hydroxylation is 4. The van der Waals surface area contributed by atoms with Crippen molar-refractivity contribution in [3.63, 3.8) is 0 Å². The highest BCUT2D eigenvalue weighted by molar-refractivity contribution is 9.10. The average molecular weight is 1070 g/mol. The molecule has 3 aromatic carbocycles. The van der Waals surface area contributed by atoms with E-state index in [0.717, 1.165) is 117 Å². The van der Waals surface area contributed by atoms with E-state index in [0.29, 0.717) is 22.6 Å². The van der Waals surface area contributed by atoms with E-state index in [1.807, 2.05) is 36.4 Å². The van der Waals surface area contributed by atoms with Crippen LogP contribution in [0, 0.1) is 0 Å². The Hall–Kier alpha value is -5.99. The number of nitrogens with zero attached hydrogens (tertiary/aromatic N) is 3. The molecule has 8 bridgehead atoms. The molecule has 6 aromatic rings. The maximum absolute atomic E-state index is 14.0. The summed E-state index contributed by atoms with van der Waals surface area (Å²) in [5.74, 6) is 0. The first-order chi connectivity index (χ1) is 36.4. The van der Waals surface area contributed by atoms with Crippen molar-refractivity contribution in [2.75, 3.05) is 4.90 Å². The molecule has 2 aliphatic heterocycles. The summed E-state index contributed by atoms with van der Waals surface area (Å²) in [7, 11) is 0. The summed E-state index contributed by atoms with van der Waals surface area (Å²) in [6, 6.07) is 30.7. The molecule has 0 spiro atoms. The number of amides is 1. The van der Waals surface area contributed by atoms with Crippen molar-refractivity contribution in [1.82, 2.24) is 19.9 Å². The van der Waals surface area contributed by atoms with E-state index >= 15 is 0 Å². The zero-order valence-electron chi connectivity index (χ0n) is 46.1. The number of aromatic nitrogens is 4. The van der Waals surface area contributed by atoms with E-state index in [-0.39, 0.29) is 5.41 Å². The number of hydrogen-bond acceptors (Lipinski definition) is 3. The zero-order chi connectivity index (χ0) is 52.9. The lowest BCUT2D eigenvalue weighted by Gasteiger charge is -2.23. The van der Waals surface area contributed by atoms with Gasteiger partial charge < -0.3 is 15.1 Å². The van der Waals surface area contributed by atoms with Crippen LogP contribution in [0.15, 0.2) is 89.4 Å². The normalized spacial score (nSPS) is 12.3. The highest BCUT2D eigenvalue weighted by Crippen LogP contribution is 2.41. The van der Waals surface area contributed by atoms with Gasteiger partial charge in [-0.2, -0.15) is 0 Å². The molecule has 0 saturated heterocycles. The maximum atomic E-state index is 14.0. The maximum Gasteiger partial charge on any atom is 0.416 e. The smallest absolute Gasteiger partial charge is 0.416 e. The number of anilines is 2. The van der Waals surface area contributed by atoms with E-state index < -0.39 is 6.09 Å². The van der Waals surface area contributed by atoms with E-state index in [1.54, 1.807) is 0 Å². The summed E-state index contributed by atoms with van der Waals surface area (Å²) in [6.45, 7) is 15.6. The number of halogens is 1. The molecule has 0 radical (unpaired) electrons. The Morgan fingerprint density at radius 3 is 1.31 bits per heavy atom. The largest absolute Gasteiger partial charge is 0.464 e. The predicted molar refractivity (Wildman–Crippen MR) is 324 cm³/mol. The second kappa shape index (κ2) is 26.2. The van der Waals surface area contributed by atoms with Gasteiger partial charge in [-0.05, 0) is 172 Å². The second-order valence-corrected chi connectivity index (χ2v) is 22.9. The van der Waals surface area contributed by atoms with Crippen molar-refractivity contribution in [3.8, 4) is 22.3 Å². The van der Waals surface area contributed by atoms with Crippen LogP contribution in [0.5, 0.6) is 0 Å². The predicted octanol–water partition coefficient (Wildman–Crippen LogP) is 20.4. The van der Waals surface area contributed by atoms with Gasteiger partial charge in [0.05, 0.1) is 44.0 Å². The van der Waals surface area contributed by atoms with Crippen LogP contribution >= 0.6 is 15.9 Å². The lowest BCUT2D eigenvalue weighted by Crippen LogP contribution is -2.25. The van der Waals surface area contributed by atoms with Gasteiger partial charge in [-0.15, -0.1) is 0 Å². The highest BCUT2D eigenvalue weighted by atomic mass is 79.9. The summed E-state index contributed by atoms with van der Waals surface area (Å²) in [6.07, 6.45) is 30.4. The number of unbranched alkanes of at least 4 members (excludes halogenated alkanes) is 12. The van der Waals surface area contributed by atoms with Crippen LogP contribution in [0.3, 0.4) is 0 Å². The van der Waals surface area contributed by atoms with Gasteiger partial charge in [0, 0.05) is 22.2 Å². The highest BCUT2D eigenvalue weighted by Gasteiger charge is 2.26. The van der Waals surface area contributed by atoms with Gasteiger partial charge in [-0.25, -0.2) is 19.7 Å². The average Bonchev–Trinajstić information content (AvgIpc) is 4.26. The first-order valence-corrected chi connectivity index (χ1v) is 29.4. The lowest BCUT2D eigenvalue weighted by molar-refractivity contribution is 0.205. The van der Waals surface area contributed by atoms with Crippen molar-refractivity contribution in [2.45, 2.75) is 182 Å². The summed E-state index contributed by atoms with van der Waals surface area (Å²) in [4.78, 5) is 34.1. The fourth-order valence-corrected chi connectivity index (χ4v) is 11.3. The van der Waals surface area contributed by atoms with Crippen molar-refractivity contribution in [1.29, 1.82) is 0 Å². The molecular formula is C67H82BrN5O2. The van der Waals surface area contributed by atoms with Crippen LogP contribution in [0.2, 0.25) is 0 Å². The number of benzene rings is 3. The van der Waals surface area contributed by atoms with Gasteiger partial charge in [0.15, 0.2) is 0 Å². The molecule has 5 heterocycles. The van der Waals surface area contributed by atoms with Gasteiger partial charge in [0.1, 0.15) is 5.69 Å². The van der Waals surface area contributed by atoms with E-state index in [2.05, 4.69) is 147 Å². The number of hydrogen-bond donors (Lipinski definition) is 3. The molecule has 75 heavy (non-hydrogen) atoms. The minimum Gasteiger partial charge on any atom is -0.464 e. The standard InChI is InChI=1S/C67H82BrN5O2/c1-8-12-16-20-24-46-40-47(25-21-17-13-9-2)43-50(42-46)62-54-32-36-58(69-54)64(68)59-37-33-55(70-59)63(51-44-48(26-22-18-14-10-3)41-49(45-51)27-23-19-15-11-4)57-35-39-61(72-57)65(60-38-34-56(62)71-60)73(66(74)75)53-30-28-52(29-31-53)67(5,6)7/h28-45,69,72H,8-27H2,1-7H3,(H,74,75). The van der Waals surface area contributed by atoms with Crippen LogP contribution in [0.4, 0.5) is 16.2 Å². The topological polar surface area (TPSA) is 97.9 Å². The Balaban J connectivity index is 1.43. The third kappa shape index (κ3) is 13.9. The second-order valence-electron chi connectivity index (χ2n) is 22.1. The van der Waals surface area contributed by atoms with E-state index in [9.17, 15) is 9.90 Å². The van der Waals surface area contributed by atoms with Crippen LogP contribution in [0.1, 0.15) is 202 Å². The molecule has 1 amide bonds. The first kappa shape index (κ1) is 55.2. The van der Waals surface area contributed by atoms with E-state index in [1.165, 1.54) is 104 Å². The van der Waals surface area contributed by atoms with Crippen LogP contribution in [0.25, 0.3) is 68.6 Å². The molecule has 0 unspecified atom stereocenters. The Bertz CT molecular complexity index is 3020. The number of carboxylic acid groups (broad SMARTS) is 1. The van der Waals surface area contributed by atoms with Gasteiger partial charge in [0.2, 0.25) is 0 Å². The SMILES string of the molecule is CCCCCCc1cc(CCCCCC)cc(-c2c3nc(c(N(C(=O)O)c4ccc(C(C)(C)C)cc4)c4ccc([nH]4)c(-c4cc(CCCCCC)cc(CCCCCC)c4)c4nc(c(Br)c5ccc2[nH]5)C=C4)C=C3)c1. The molecular weight excluding hydrogens is 987 g/mol. The van der Waals surface area contributed by atoms with Crippen molar-refractivity contribution < 1.29 is 9.90 Å². The Morgan fingerprint density at radius 1 is 0.493 bits per heavy atom. The Kier molecular flexibility index (Phi) is 19.3. The number of carbonyl (C=O) groups is 1. The number of aromatic amines is 2. The number of fused-ring (bicyclic) bond motifs is 8. The van der Waals surface area contributed by atoms with Crippen molar-refractivity contribution in [2.24, 2.45) is 0 Å². The molecule has 3 aromatic heterocycles. The molecule has 0 aliphatic carbocycles. The minimum absolute atomic E-state index is 0.110. The molecule has 3 N–H and O–H groups in total. The molecule has 0 saturated carbocycles. The lowest BCUT2D eigenvalue weighted by atomic mass is 9.87. The molecule has 394 valence electrons. The van der Waals surface area contributed by atoms with Gasteiger partial charge in [-0.1, -0.05) is 174 Å². The molecule has 2 aliphatic rings. The minimum atomic E-state index is -1.10. The Morgan fingerprint density at radius 2 is 0.880 bits per heavy atom. The molecule has 8 heteroatoms. The van der Waals surface area contributed by atoms with Gasteiger partial charge >= 0.3 is 6.09 Å². The molecule has 0 atom stereocenters. The third-order valence-electron chi connectivity index (χ3n) is 15.0. The fraction of sp³-hybridized carbons (Fsp3) is 0.418. The number of H-pyrrole nitrogens is 2. The van der Waals surface area contributed by atoms with Crippen molar-refractivity contribution >= 4 is 79.8 Å². The van der Waals surface area contributed by atoms with Crippen LogP contribution in [-0.2, 0) is 31.1 Å². The van der Waals surface area contributed by atoms with Crippen LogP contribution in [-0.4, -0.2) is 31.1 Å². The summed E-state index contributed by atoms with van der Waals surface area (Å²) in [5.41, 5.74) is 17.8. The fourth-order valence-electron chi connectivity index (χ4n) is 10.9. The summed E-state index contributed by atoms with van der Waals surface area (Å²) >= 11 is 4.05. The monoisotopic (exact) mass is 1070 g/mol. The number of nitrogens with one attached hydrogen (secondary N) is 2. The Labute approximate surface area is 456 Å². The quantitative estimate of drug-likeness (QED) is 0.0525. The summed E-state index contributed by atoms with van der Waals surface area (Å²) in [5, 5.41) is 11.5.